The van der Waals surface area contributed by atoms with Gasteiger partial charge >= 0.3 is 0 Å². The van der Waals surface area contributed by atoms with Crippen LogP contribution in [0.15, 0.2) is 97.3 Å². The van der Waals surface area contributed by atoms with E-state index in [4.69, 9.17) is 0 Å². The number of halogens is 2. The number of hydrogen-bond donors (Lipinski definition) is 5. The Kier molecular flexibility index (Phi) is 13.0. The second-order valence-corrected chi connectivity index (χ2v) is 15.7. The Hall–Kier alpha value is -6.85. The molecule has 3 aliphatic heterocycles. The maximum absolute atomic E-state index is 14.7. The van der Waals surface area contributed by atoms with Crippen LogP contribution in [0.2, 0.25) is 0 Å². The molecule has 17 heteroatoms. The lowest BCUT2D eigenvalue weighted by atomic mass is 9.94. The summed E-state index contributed by atoms with van der Waals surface area (Å²) < 4.78 is 28.7. The molecule has 0 aliphatic carbocycles. The van der Waals surface area contributed by atoms with E-state index in [1.165, 1.54) is 18.2 Å². The average molecular weight is 844 g/mol. The van der Waals surface area contributed by atoms with Crippen LogP contribution in [0.3, 0.4) is 0 Å². The molecule has 15 nitrogen and oxygen atoms in total. The molecule has 5 N–H and O–H groups in total. The van der Waals surface area contributed by atoms with Gasteiger partial charge in [0.15, 0.2) is 11.6 Å². The average Bonchev–Trinajstić information content (AvgIpc) is 3.28. The van der Waals surface area contributed by atoms with Crippen LogP contribution in [0, 0.1) is 17.6 Å². The number of hydrogen-bond acceptors (Lipinski definition) is 12. The van der Waals surface area contributed by atoms with Gasteiger partial charge in [0, 0.05) is 68.3 Å². The molecule has 62 heavy (non-hydrogen) atoms. The zero-order valence-corrected chi connectivity index (χ0v) is 33.9. The van der Waals surface area contributed by atoms with Crippen molar-refractivity contribution in [1.82, 2.24) is 35.6 Å². The quantitative estimate of drug-likeness (QED) is 0.0879. The monoisotopic (exact) mass is 843 g/mol. The fourth-order valence-corrected chi connectivity index (χ4v) is 7.87. The summed E-state index contributed by atoms with van der Waals surface area (Å²) in [6.45, 7) is 6.34. The number of aromatic nitrogens is 3. The topological polar surface area (TPSA) is 177 Å². The predicted molar refractivity (Wildman–Crippen MR) is 230 cm³/mol. The molecule has 3 saturated heterocycles. The summed E-state index contributed by atoms with van der Waals surface area (Å²) in [6, 6.07) is 22.9. The van der Waals surface area contributed by atoms with Crippen LogP contribution in [-0.2, 0) is 9.59 Å². The van der Waals surface area contributed by atoms with Crippen LogP contribution in [0.4, 0.5) is 43.3 Å². The molecule has 2 aromatic heterocycles. The number of nitrogens with one attached hydrogen (secondary N) is 5. The standard InChI is InChI=1S/C45H47F2N11O4/c46-37-4-2-1-3-35(37)43(61)51-32-11-9-31(10-12-32)50-41-38(47)28-49-45(54-41)52-33-7-5-30(6-8-33)42(60)55-58-21-18-29(19-22-58)17-20-56-23-25-57(26-24-56)34-13-15-39(48-27-34)36-14-16-40(59)53-44(36)62/h1-13,15,27-29,36H,14,16-26H2,(H,51,61)(H,55,60)(H,53,59,62)(H2,49,50,52,54). The van der Waals surface area contributed by atoms with Gasteiger partial charge in [0.1, 0.15) is 5.82 Å². The van der Waals surface area contributed by atoms with Gasteiger partial charge in [-0.25, -0.2) is 18.8 Å². The fraction of sp³-hybridized carbons (Fsp3) is 0.311. The van der Waals surface area contributed by atoms with Crippen molar-refractivity contribution in [3.8, 4) is 0 Å². The Labute approximate surface area is 357 Å². The molecule has 3 fully saturated rings. The lowest BCUT2D eigenvalue weighted by Gasteiger charge is -2.37. The van der Waals surface area contributed by atoms with Crippen molar-refractivity contribution >= 4 is 58.1 Å². The minimum atomic E-state index is -0.675. The molecule has 0 saturated carbocycles. The SMILES string of the molecule is O=C1CCC(c2ccc(N3CCN(CCC4CCN(NC(=O)c5ccc(Nc6ncc(F)c(Nc7ccc(NC(=O)c8ccccc8F)cc7)n6)cc5)CC4)CC3)cn2)C(=O)N1. The molecular weight excluding hydrogens is 797 g/mol. The predicted octanol–water partition coefficient (Wildman–Crippen LogP) is 5.98. The molecule has 0 bridgehead atoms. The summed E-state index contributed by atoms with van der Waals surface area (Å²) in [7, 11) is 0. The lowest BCUT2D eigenvalue weighted by Crippen LogP contribution is -2.48. The highest BCUT2D eigenvalue weighted by Gasteiger charge is 2.29. The van der Waals surface area contributed by atoms with E-state index in [0.29, 0.717) is 47.1 Å². The number of nitrogens with zero attached hydrogens (tertiary/aromatic N) is 6. The Balaban J connectivity index is 0.737. The molecular formula is C45H47F2N11O4. The van der Waals surface area contributed by atoms with Crippen LogP contribution in [0.1, 0.15) is 64.4 Å². The van der Waals surface area contributed by atoms with E-state index in [0.717, 1.165) is 77.0 Å². The van der Waals surface area contributed by atoms with Gasteiger partial charge in [0.05, 0.1) is 35.3 Å². The maximum Gasteiger partial charge on any atom is 0.265 e. The Morgan fingerprint density at radius 3 is 2.15 bits per heavy atom. The van der Waals surface area contributed by atoms with Crippen molar-refractivity contribution in [3.05, 3.63) is 126 Å². The van der Waals surface area contributed by atoms with Crippen molar-refractivity contribution in [3.63, 3.8) is 0 Å². The molecule has 1 atom stereocenters. The van der Waals surface area contributed by atoms with Gasteiger partial charge in [-0.2, -0.15) is 4.98 Å². The molecule has 3 aromatic carbocycles. The van der Waals surface area contributed by atoms with E-state index >= 15 is 0 Å². The molecule has 3 aliphatic rings. The van der Waals surface area contributed by atoms with E-state index in [1.54, 1.807) is 54.6 Å². The fourth-order valence-electron chi connectivity index (χ4n) is 7.87. The largest absolute Gasteiger partial charge is 0.368 e. The van der Waals surface area contributed by atoms with Gasteiger partial charge in [-0.3, -0.25) is 39.8 Å². The van der Waals surface area contributed by atoms with Crippen molar-refractivity contribution < 1.29 is 28.0 Å². The number of carbonyl (C=O) groups is 4. The number of anilines is 6. The van der Waals surface area contributed by atoms with Crippen molar-refractivity contribution in [2.75, 3.05) is 66.7 Å². The van der Waals surface area contributed by atoms with Crippen LogP contribution in [0.5, 0.6) is 0 Å². The smallest absolute Gasteiger partial charge is 0.265 e. The third-order valence-electron chi connectivity index (χ3n) is 11.5. The van der Waals surface area contributed by atoms with E-state index in [1.807, 2.05) is 23.3 Å². The van der Waals surface area contributed by atoms with Gasteiger partial charge in [-0.15, -0.1) is 0 Å². The second-order valence-electron chi connectivity index (χ2n) is 15.7. The van der Waals surface area contributed by atoms with E-state index in [9.17, 15) is 28.0 Å². The normalized spacial score (nSPS) is 17.6. The highest BCUT2D eigenvalue weighted by atomic mass is 19.1. The molecule has 5 aromatic rings. The van der Waals surface area contributed by atoms with Crippen molar-refractivity contribution in [2.24, 2.45) is 5.92 Å². The third-order valence-corrected chi connectivity index (χ3v) is 11.5. The first-order chi connectivity index (χ1) is 30.1. The molecule has 5 heterocycles. The number of rotatable bonds is 13. The number of amides is 4. The minimum absolute atomic E-state index is 0.0734. The highest BCUT2D eigenvalue weighted by molar-refractivity contribution is 6.04. The molecule has 320 valence electrons. The van der Waals surface area contributed by atoms with Crippen molar-refractivity contribution in [2.45, 2.75) is 38.0 Å². The first-order valence-corrected chi connectivity index (χ1v) is 20.8. The number of hydrazine groups is 1. The second kappa shape index (κ2) is 19.2. The summed E-state index contributed by atoms with van der Waals surface area (Å²) in [5, 5.41) is 13.0. The van der Waals surface area contributed by atoms with Crippen LogP contribution in [-0.4, -0.2) is 94.3 Å². The number of benzene rings is 3. The van der Waals surface area contributed by atoms with E-state index < -0.39 is 17.5 Å². The van der Waals surface area contributed by atoms with Gasteiger partial charge in [-0.05, 0) is 111 Å². The minimum Gasteiger partial charge on any atom is -0.368 e. The molecule has 8 rings (SSSR count). The first kappa shape index (κ1) is 41.9. The summed E-state index contributed by atoms with van der Waals surface area (Å²) >= 11 is 0. The van der Waals surface area contributed by atoms with Gasteiger partial charge in [-0.1, -0.05) is 12.1 Å². The number of piperidine rings is 2. The maximum atomic E-state index is 14.7. The molecule has 4 amide bonds. The first-order valence-electron chi connectivity index (χ1n) is 20.8. The lowest BCUT2D eigenvalue weighted by molar-refractivity contribution is -0.134. The summed E-state index contributed by atoms with van der Waals surface area (Å²) in [4.78, 5) is 67.0. The molecule has 1 unspecified atom stereocenters. The summed E-state index contributed by atoms with van der Waals surface area (Å²) in [5.41, 5.74) is 6.74. The van der Waals surface area contributed by atoms with E-state index in [2.05, 4.69) is 51.4 Å². The summed E-state index contributed by atoms with van der Waals surface area (Å²) in [5.74, 6) is -2.30. The van der Waals surface area contributed by atoms with Gasteiger partial charge in [0.2, 0.25) is 17.8 Å². The van der Waals surface area contributed by atoms with Gasteiger partial charge in [0.25, 0.3) is 11.8 Å². The van der Waals surface area contributed by atoms with E-state index in [-0.39, 0.29) is 41.0 Å². The number of imide groups is 1. The van der Waals surface area contributed by atoms with Crippen LogP contribution in [0.25, 0.3) is 0 Å². The Bertz CT molecular complexity index is 2390. The Morgan fingerprint density at radius 2 is 1.44 bits per heavy atom. The number of piperazine rings is 1. The van der Waals surface area contributed by atoms with Crippen molar-refractivity contribution in [1.29, 1.82) is 0 Å². The summed E-state index contributed by atoms with van der Waals surface area (Å²) in [6.07, 6.45) is 6.83. The van der Waals surface area contributed by atoms with Crippen LogP contribution < -0.4 is 31.6 Å². The zero-order chi connectivity index (χ0) is 43.0. The molecule has 0 spiro atoms. The highest BCUT2D eigenvalue weighted by Crippen LogP contribution is 2.27. The van der Waals surface area contributed by atoms with Crippen LogP contribution >= 0.6 is 0 Å². The van der Waals surface area contributed by atoms with Gasteiger partial charge < -0.3 is 20.9 Å². The Morgan fingerprint density at radius 1 is 0.726 bits per heavy atom. The molecule has 0 radical (unpaired) electrons. The number of carbonyl (C=O) groups excluding carboxylic acids is 4. The third kappa shape index (κ3) is 10.5. The zero-order valence-electron chi connectivity index (χ0n) is 33.9. The number of pyridine rings is 1.